The Bertz CT molecular complexity index is 760. The third-order valence-electron chi connectivity index (χ3n) is 4.23. The number of rotatable bonds is 0. The van der Waals surface area contributed by atoms with E-state index in [9.17, 15) is 0 Å². The van der Waals surface area contributed by atoms with Crippen LogP contribution in [0.2, 0.25) is 0 Å². The van der Waals surface area contributed by atoms with E-state index in [-0.39, 0.29) is 0 Å². The SMILES string of the molecule is CC.CC.CC.CN1CC=C(N)c2ccccc21.Cc1cccc2c1C=CCN2. The number of hydrogen-bond donors (Lipinski definition) is 2. The standard InChI is InChI=1S/C10H12N2.C10H11N.3C2H6/c1-12-7-6-9(11)8-4-2-3-5-10(8)12;1-8-4-2-6-10-9(8)5-3-7-11-10;3*1-2/h2-6H,7,11H2,1H3;2-6,11H,7H2,1H3;3*1-2H3. The predicted molar refractivity (Wildman–Crippen MR) is 135 cm³/mol. The fraction of sp³-hybridized carbons (Fsp3) is 0.385. The van der Waals surface area contributed by atoms with E-state index < -0.39 is 0 Å². The Labute approximate surface area is 179 Å². The summed E-state index contributed by atoms with van der Waals surface area (Å²) in [6.45, 7) is 16.0. The molecule has 2 heterocycles. The minimum absolute atomic E-state index is 0.892. The van der Waals surface area contributed by atoms with Gasteiger partial charge in [0.15, 0.2) is 0 Å². The molecule has 2 aromatic rings. The summed E-state index contributed by atoms with van der Waals surface area (Å²) in [6, 6.07) is 14.5. The van der Waals surface area contributed by atoms with E-state index in [0.717, 1.165) is 24.4 Å². The largest absolute Gasteiger partial charge is 0.398 e. The van der Waals surface area contributed by atoms with Crippen LogP contribution in [0, 0.1) is 6.92 Å². The van der Waals surface area contributed by atoms with Gasteiger partial charge in [0, 0.05) is 48.3 Å². The molecular weight excluding hydrogens is 354 g/mol. The van der Waals surface area contributed by atoms with Crippen molar-refractivity contribution < 1.29 is 0 Å². The van der Waals surface area contributed by atoms with Gasteiger partial charge >= 0.3 is 0 Å². The maximum atomic E-state index is 5.84. The first-order valence-electron chi connectivity index (χ1n) is 10.9. The number of nitrogens with zero attached hydrogens (tertiary/aromatic N) is 1. The van der Waals surface area contributed by atoms with E-state index in [0.29, 0.717) is 0 Å². The highest BCUT2D eigenvalue weighted by Crippen LogP contribution is 2.27. The number of anilines is 2. The summed E-state index contributed by atoms with van der Waals surface area (Å²) in [5, 5.41) is 3.32. The van der Waals surface area contributed by atoms with Gasteiger partial charge in [-0.25, -0.2) is 0 Å². The third kappa shape index (κ3) is 7.69. The smallest absolute Gasteiger partial charge is 0.0460 e. The summed E-state index contributed by atoms with van der Waals surface area (Å²) in [6.07, 6.45) is 6.37. The van der Waals surface area contributed by atoms with Crippen LogP contribution in [-0.2, 0) is 0 Å². The molecule has 160 valence electrons. The maximum absolute atomic E-state index is 5.84. The monoisotopic (exact) mass is 395 g/mol. The van der Waals surface area contributed by atoms with Crippen molar-refractivity contribution in [2.24, 2.45) is 5.73 Å². The zero-order chi connectivity index (χ0) is 22.2. The quantitative estimate of drug-likeness (QED) is 0.507. The van der Waals surface area contributed by atoms with Crippen LogP contribution in [0.25, 0.3) is 11.8 Å². The Hall–Kier alpha value is -2.68. The normalized spacial score (nSPS) is 12.3. The Balaban J connectivity index is 0.000000432. The van der Waals surface area contributed by atoms with Gasteiger partial charge in [-0.2, -0.15) is 0 Å². The first-order valence-corrected chi connectivity index (χ1v) is 10.9. The average molecular weight is 396 g/mol. The lowest BCUT2D eigenvalue weighted by molar-refractivity contribution is 1.01. The molecule has 2 aliphatic rings. The van der Waals surface area contributed by atoms with E-state index in [4.69, 9.17) is 5.73 Å². The molecule has 0 saturated heterocycles. The zero-order valence-corrected chi connectivity index (χ0v) is 19.7. The molecule has 0 bridgehead atoms. The Morgan fingerprint density at radius 3 is 2.17 bits per heavy atom. The minimum Gasteiger partial charge on any atom is -0.398 e. The van der Waals surface area contributed by atoms with Crippen LogP contribution in [0.3, 0.4) is 0 Å². The molecule has 3 N–H and O–H groups in total. The first-order chi connectivity index (χ1) is 14.2. The highest BCUT2D eigenvalue weighted by atomic mass is 15.1. The van der Waals surface area contributed by atoms with Crippen molar-refractivity contribution in [3.05, 3.63) is 71.3 Å². The molecule has 0 radical (unpaired) electrons. The van der Waals surface area contributed by atoms with E-state index in [1.165, 1.54) is 22.5 Å². The van der Waals surface area contributed by atoms with E-state index >= 15 is 0 Å². The fourth-order valence-electron chi connectivity index (χ4n) is 2.90. The highest BCUT2D eigenvalue weighted by Gasteiger charge is 2.12. The molecule has 3 nitrogen and oxygen atoms in total. The average Bonchev–Trinajstić information content (AvgIpc) is 2.81. The number of nitrogens with one attached hydrogen (secondary N) is 1. The summed E-state index contributed by atoms with van der Waals surface area (Å²) in [7, 11) is 2.07. The lowest BCUT2D eigenvalue weighted by Crippen LogP contribution is -2.23. The second-order valence-electron chi connectivity index (χ2n) is 5.88. The molecule has 0 saturated carbocycles. The van der Waals surface area contributed by atoms with Gasteiger partial charge in [-0.15, -0.1) is 0 Å². The highest BCUT2D eigenvalue weighted by molar-refractivity contribution is 5.78. The predicted octanol–water partition coefficient (Wildman–Crippen LogP) is 6.95. The van der Waals surface area contributed by atoms with Crippen molar-refractivity contribution in [2.75, 3.05) is 30.4 Å². The zero-order valence-electron chi connectivity index (χ0n) is 19.7. The van der Waals surface area contributed by atoms with Crippen molar-refractivity contribution in [1.29, 1.82) is 0 Å². The number of hydrogen-bond acceptors (Lipinski definition) is 3. The van der Waals surface area contributed by atoms with Gasteiger partial charge in [-0.1, -0.05) is 84.0 Å². The van der Waals surface area contributed by atoms with Crippen molar-refractivity contribution in [1.82, 2.24) is 0 Å². The van der Waals surface area contributed by atoms with Crippen LogP contribution >= 0.6 is 0 Å². The number of nitrogens with two attached hydrogens (primary N) is 1. The Morgan fingerprint density at radius 2 is 1.55 bits per heavy atom. The first kappa shape index (κ1) is 26.3. The third-order valence-corrected chi connectivity index (χ3v) is 4.23. The Kier molecular flexibility index (Phi) is 13.9. The second-order valence-corrected chi connectivity index (χ2v) is 5.88. The molecular formula is C26H41N3. The van der Waals surface area contributed by atoms with Crippen LogP contribution in [0.4, 0.5) is 11.4 Å². The van der Waals surface area contributed by atoms with E-state index in [2.05, 4.69) is 66.7 Å². The summed E-state index contributed by atoms with van der Waals surface area (Å²) < 4.78 is 0. The maximum Gasteiger partial charge on any atom is 0.0460 e. The number of fused-ring (bicyclic) bond motifs is 2. The van der Waals surface area contributed by atoms with E-state index in [1.54, 1.807) is 0 Å². The van der Waals surface area contributed by atoms with Crippen molar-refractivity contribution in [2.45, 2.75) is 48.5 Å². The van der Waals surface area contributed by atoms with Crippen LogP contribution in [0.5, 0.6) is 0 Å². The molecule has 0 amide bonds. The summed E-state index contributed by atoms with van der Waals surface area (Å²) in [4.78, 5) is 2.19. The summed E-state index contributed by atoms with van der Waals surface area (Å²) in [5.74, 6) is 0. The van der Waals surface area contributed by atoms with Crippen LogP contribution < -0.4 is 16.0 Å². The molecule has 0 fully saturated rings. The molecule has 0 unspecified atom stereocenters. The summed E-state index contributed by atoms with van der Waals surface area (Å²) in [5.41, 5.74) is 13.0. The lowest BCUT2D eigenvalue weighted by atomic mass is 10.0. The molecule has 29 heavy (non-hydrogen) atoms. The summed E-state index contributed by atoms with van der Waals surface area (Å²) >= 11 is 0. The van der Waals surface area contributed by atoms with Crippen LogP contribution in [0.15, 0.2) is 54.6 Å². The number of benzene rings is 2. The minimum atomic E-state index is 0.892. The van der Waals surface area contributed by atoms with Crippen LogP contribution in [0.1, 0.15) is 58.2 Å². The Morgan fingerprint density at radius 1 is 0.897 bits per heavy atom. The lowest BCUT2D eigenvalue weighted by Gasteiger charge is -2.25. The topological polar surface area (TPSA) is 41.3 Å². The van der Waals surface area contributed by atoms with Gasteiger partial charge in [0.25, 0.3) is 0 Å². The molecule has 4 rings (SSSR count). The van der Waals surface area contributed by atoms with Gasteiger partial charge < -0.3 is 16.0 Å². The van der Waals surface area contributed by atoms with Crippen LogP contribution in [-0.4, -0.2) is 20.1 Å². The number of likely N-dealkylation sites (N-methyl/N-ethyl adjacent to an activating group) is 1. The number of aryl methyl sites for hydroxylation is 1. The van der Waals surface area contributed by atoms with Crippen molar-refractivity contribution >= 4 is 23.1 Å². The van der Waals surface area contributed by atoms with Gasteiger partial charge in [-0.3, -0.25) is 0 Å². The molecule has 2 aromatic carbocycles. The molecule has 0 aliphatic carbocycles. The molecule has 0 aromatic heterocycles. The molecule has 0 atom stereocenters. The van der Waals surface area contributed by atoms with Crippen molar-refractivity contribution in [3.8, 4) is 0 Å². The van der Waals surface area contributed by atoms with Gasteiger partial charge in [0.05, 0.1) is 0 Å². The van der Waals surface area contributed by atoms with Crippen molar-refractivity contribution in [3.63, 3.8) is 0 Å². The molecule has 2 aliphatic heterocycles. The fourth-order valence-corrected chi connectivity index (χ4v) is 2.90. The van der Waals surface area contributed by atoms with Gasteiger partial charge in [-0.05, 0) is 30.7 Å². The van der Waals surface area contributed by atoms with Gasteiger partial charge in [0.2, 0.25) is 0 Å². The second kappa shape index (κ2) is 15.3. The van der Waals surface area contributed by atoms with E-state index in [1.807, 2.05) is 59.8 Å². The molecule has 3 heteroatoms. The molecule has 0 spiro atoms. The number of para-hydroxylation sites is 1. The van der Waals surface area contributed by atoms with Gasteiger partial charge in [0.1, 0.15) is 0 Å².